The standard InChI is InChI=1S/C37H36NO.C13H24O2.Ir/c1-35(2,3)29-17-24(16-22-10-8-9-11-25(22)29)32-19-27-23(21-38-32)12-13-26-28-18-30-31(20-33(28)39-34(26)27)37(6,7)15-14-36(30,4)5;1-5-10(6-2)12(14)9-13(15)11(7-3)8-4;/h8-13,17-21H,14-15H2,1-7H3;9-11,14H,5-8H2,1-4H3;/q-1;;/b;12-9-;. The number of allylic oxidation sites excluding steroid dienone is 2. The normalized spacial score (nSPS) is 15.3. The summed E-state index contributed by atoms with van der Waals surface area (Å²) in [6.45, 7) is 24.4. The van der Waals surface area contributed by atoms with E-state index in [2.05, 4.69) is 115 Å². The van der Waals surface area contributed by atoms with E-state index in [0.717, 1.165) is 64.3 Å². The number of rotatable bonds is 8. The maximum Gasteiger partial charge on any atom is 0.162 e. The smallest absolute Gasteiger partial charge is 0.162 e. The Kier molecular flexibility index (Phi) is 12.6. The number of pyridine rings is 1. The number of aromatic nitrogens is 1. The molecule has 0 aliphatic heterocycles. The third-order valence-electron chi connectivity index (χ3n) is 12.2. The van der Waals surface area contributed by atoms with Crippen LogP contribution in [0.5, 0.6) is 0 Å². The zero-order valence-corrected chi connectivity index (χ0v) is 37.3. The van der Waals surface area contributed by atoms with Crippen molar-refractivity contribution < 1.29 is 34.4 Å². The Bertz CT molecular complexity index is 2360. The number of aliphatic hydroxyl groups is 1. The maximum absolute atomic E-state index is 11.7. The van der Waals surface area contributed by atoms with E-state index in [1.54, 1.807) is 0 Å². The minimum atomic E-state index is 0. The second-order valence-electron chi connectivity index (χ2n) is 17.9. The average molecular weight is 915 g/mol. The van der Waals surface area contributed by atoms with Gasteiger partial charge in [-0.25, -0.2) is 0 Å². The Morgan fingerprint density at radius 3 is 2.05 bits per heavy atom. The molecule has 0 bridgehead atoms. The fourth-order valence-electron chi connectivity index (χ4n) is 8.43. The average Bonchev–Trinajstić information content (AvgIpc) is 3.52. The van der Waals surface area contributed by atoms with Crippen LogP contribution in [0.2, 0.25) is 0 Å². The number of fused-ring (bicyclic) bond motifs is 7. The molecular formula is C50H60IrNO3-. The van der Waals surface area contributed by atoms with Gasteiger partial charge < -0.3 is 9.52 Å². The molecule has 1 radical (unpaired) electrons. The van der Waals surface area contributed by atoms with E-state index in [0.29, 0.717) is 0 Å². The van der Waals surface area contributed by atoms with Crippen LogP contribution in [0, 0.1) is 17.9 Å². The van der Waals surface area contributed by atoms with Crippen LogP contribution in [0.1, 0.15) is 131 Å². The topological polar surface area (TPSA) is 63.3 Å². The van der Waals surface area contributed by atoms with Crippen LogP contribution < -0.4 is 0 Å². The molecule has 2 aromatic heterocycles. The molecule has 0 saturated heterocycles. The quantitative estimate of drug-likeness (QED) is 0.0939. The van der Waals surface area contributed by atoms with E-state index >= 15 is 0 Å². The first-order valence-corrected chi connectivity index (χ1v) is 20.2. The van der Waals surface area contributed by atoms with Crippen LogP contribution in [0.25, 0.3) is 54.7 Å². The summed E-state index contributed by atoms with van der Waals surface area (Å²) in [5.74, 6) is 0.547. The molecule has 293 valence electrons. The number of nitrogens with zero attached hydrogens (tertiary/aromatic N) is 1. The van der Waals surface area contributed by atoms with Crippen molar-refractivity contribution in [3.63, 3.8) is 0 Å². The van der Waals surface area contributed by atoms with E-state index in [1.165, 1.54) is 51.8 Å². The molecule has 0 unspecified atom stereocenters. The SMILES string of the molecule is CC(C)(C)c1cc(-c2cc3c(ccc4c5cc6c(cc5oc34)C(C)(C)CCC6(C)C)cn2)[c-]c2ccccc12.CCC(CC)C(=O)/C=C(\O)C(CC)CC.[Ir]. The number of furan rings is 1. The molecule has 2 heterocycles. The predicted octanol–water partition coefficient (Wildman–Crippen LogP) is 14.3. The minimum absolute atomic E-state index is 0. The first-order valence-electron chi connectivity index (χ1n) is 20.2. The van der Waals surface area contributed by atoms with Gasteiger partial charge in [-0.05, 0) is 84.1 Å². The van der Waals surface area contributed by atoms with Gasteiger partial charge in [-0.3, -0.25) is 9.78 Å². The fraction of sp³-hybridized carbons (Fsp3) is 0.440. The molecule has 4 nitrogen and oxygen atoms in total. The van der Waals surface area contributed by atoms with Gasteiger partial charge in [-0.1, -0.05) is 117 Å². The molecule has 5 heteroatoms. The van der Waals surface area contributed by atoms with Crippen molar-refractivity contribution in [2.24, 2.45) is 11.8 Å². The van der Waals surface area contributed by atoms with Crippen molar-refractivity contribution in [1.82, 2.24) is 4.98 Å². The van der Waals surface area contributed by atoms with Crippen molar-refractivity contribution >= 4 is 49.3 Å². The van der Waals surface area contributed by atoms with Crippen LogP contribution >= 0.6 is 0 Å². The Hall–Kier alpha value is -3.79. The van der Waals surface area contributed by atoms with Crippen molar-refractivity contribution in [3.8, 4) is 11.3 Å². The van der Waals surface area contributed by atoms with Gasteiger partial charge in [-0.2, -0.15) is 0 Å². The summed E-state index contributed by atoms with van der Waals surface area (Å²) >= 11 is 0. The van der Waals surface area contributed by atoms with Gasteiger partial charge in [0.05, 0.1) is 5.76 Å². The van der Waals surface area contributed by atoms with Crippen LogP contribution in [-0.2, 0) is 41.1 Å². The number of carbonyl (C=O) groups is 1. The fourth-order valence-corrected chi connectivity index (χ4v) is 8.43. The van der Waals surface area contributed by atoms with Crippen molar-refractivity contribution in [2.45, 2.75) is 131 Å². The van der Waals surface area contributed by atoms with Gasteiger partial charge in [0, 0.05) is 71.5 Å². The molecule has 6 aromatic rings. The first-order chi connectivity index (χ1) is 25.5. The third-order valence-corrected chi connectivity index (χ3v) is 12.2. The zero-order chi connectivity index (χ0) is 39.2. The molecule has 4 aromatic carbocycles. The monoisotopic (exact) mass is 915 g/mol. The number of aliphatic hydroxyl groups excluding tert-OH is 1. The van der Waals surface area contributed by atoms with E-state index in [9.17, 15) is 9.90 Å². The van der Waals surface area contributed by atoms with E-state index in [1.807, 2.05) is 33.9 Å². The molecule has 55 heavy (non-hydrogen) atoms. The van der Waals surface area contributed by atoms with Crippen molar-refractivity contribution in [3.05, 3.63) is 101 Å². The Morgan fingerprint density at radius 2 is 1.44 bits per heavy atom. The summed E-state index contributed by atoms with van der Waals surface area (Å²) in [7, 11) is 0. The number of hydrogen-bond acceptors (Lipinski definition) is 4. The Morgan fingerprint density at radius 1 is 0.818 bits per heavy atom. The molecular weight excluding hydrogens is 855 g/mol. The van der Waals surface area contributed by atoms with Crippen molar-refractivity contribution in [2.75, 3.05) is 0 Å². The number of hydrogen-bond donors (Lipinski definition) is 1. The van der Waals surface area contributed by atoms with Crippen molar-refractivity contribution in [1.29, 1.82) is 0 Å². The van der Waals surface area contributed by atoms with Gasteiger partial charge in [0.25, 0.3) is 0 Å². The zero-order valence-electron chi connectivity index (χ0n) is 34.9. The van der Waals surface area contributed by atoms with Crippen LogP contribution in [-0.4, -0.2) is 15.9 Å². The molecule has 0 atom stereocenters. The summed E-state index contributed by atoms with van der Waals surface area (Å²) in [6, 6.07) is 25.8. The van der Waals surface area contributed by atoms with Crippen LogP contribution in [0.3, 0.4) is 0 Å². The van der Waals surface area contributed by atoms with E-state index < -0.39 is 0 Å². The van der Waals surface area contributed by atoms with Gasteiger partial charge in [0.15, 0.2) is 5.78 Å². The summed E-state index contributed by atoms with van der Waals surface area (Å²) in [5, 5.41) is 16.7. The second-order valence-corrected chi connectivity index (χ2v) is 17.9. The predicted molar refractivity (Wildman–Crippen MR) is 229 cm³/mol. The van der Waals surface area contributed by atoms with Crippen LogP contribution in [0.15, 0.2) is 83.1 Å². The molecule has 0 fully saturated rings. The van der Waals surface area contributed by atoms with E-state index in [-0.39, 0.29) is 59.7 Å². The number of benzene rings is 4. The summed E-state index contributed by atoms with van der Waals surface area (Å²) in [5.41, 5.74) is 8.39. The molecule has 1 N–H and O–H groups in total. The first kappa shape index (κ1) is 42.4. The summed E-state index contributed by atoms with van der Waals surface area (Å²) < 4.78 is 6.69. The minimum Gasteiger partial charge on any atom is -0.512 e. The van der Waals surface area contributed by atoms with Gasteiger partial charge in [0.2, 0.25) is 0 Å². The summed E-state index contributed by atoms with van der Waals surface area (Å²) in [4.78, 5) is 16.6. The number of ketones is 1. The molecule has 0 amide bonds. The molecule has 7 rings (SSSR count). The van der Waals surface area contributed by atoms with Gasteiger partial charge in [-0.15, -0.1) is 29.1 Å². The molecule has 0 saturated carbocycles. The largest absolute Gasteiger partial charge is 0.512 e. The molecule has 1 aliphatic carbocycles. The van der Waals surface area contributed by atoms with E-state index in [4.69, 9.17) is 9.40 Å². The Labute approximate surface area is 342 Å². The third kappa shape index (κ3) is 8.35. The Balaban J connectivity index is 0.000000311. The number of carbonyl (C=O) groups excluding carboxylic acids is 1. The molecule has 1 aliphatic rings. The maximum atomic E-state index is 11.7. The summed E-state index contributed by atoms with van der Waals surface area (Å²) in [6.07, 6.45) is 9.28. The van der Waals surface area contributed by atoms with Gasteiger partial charge >= 0.3 is 0 Å². The molecule has 0 spiro atoms. The second kappa shape index (κ2) is 16.4. The van der Waals surface area contributed by atoms with Crippen LogP contribution in [0.4, 0.5) is 0 Å². The van der Waals surface area contributed by atoms with Gasteiger partial charge in [0.1, 0.15) is 11.2 Å².